The Morgan fingerprint density at radius 3 is 2.20 bits per heavy atom. The van der Waals surface area contributed by atoms with Gasteiger partial charge in [-0.25, -0.2) is 0 Å². The zero-order valence-corrected chi connectivity index (χ0v) is 14.6. The second-order valence-electron chi connectivity index (χ2n) is 5.70. The van der Waals surface area contributed by atoms with Gasteiger partial charge in [0.15, 0.2) is 0 Å². The van der Waals surface area contributed by atoms with Gasteiger partial charge in [-0.3, -0.25) is 5.41 Å². The second kappa shape index (κ2) is 8.17. The van der Waals surface area contributed by atoms with Crippen molar-refractivity contribution >= 4 is 5.71 Å². The van der Waals surface area contributed by atoms with E-state index in [-0.39, 0.29) is 5.71 Å². The maximum absolute atomic E-state index is 8.49. The number of hydrogen-bond acceptors (Lipinski definition) is 5. The lowest BCUT2D eigenvalue weighted by Crippen LogP contribution is -2.41. The number of nitrogens with two attached hydrogens (primary N) is 2. The van der Waals surface area contributed by atoms with Crippen molar-refractivity contribution in [2.45, 2.75) is 13.1 Å². The molecule has 1 atom stereocenters. The van der Waals surface area contributed by atoms with Crippen LogP contribution in [0.1, 0.15) is 12.5 Å². The van der Waals surface area contributed by atoms with E-state index in [1.807, 2.05) is 54.6 Å². The number of nitrogens with zero attached hydrogens (tertiary/aromatic N) is 1. The van der Waals surface area contributed by atoms with Gasteiger partial charge in [-0.15, -0.1) is 0 Å². The molecule has 2 aromatic rings. The van der Waals surface area contributed by atoms with Crippen LogP contribution in [-0.4, -0.2) is 23.8 Å². The van der Waals surface area contributed by atoms with Crippen LogP contribution in [0.3, 0.4) is 0 Å². The van der Waals surface area contributed by atoms with Gasteiger partial charge in [0, 0.05) is 23.9 Å². The lowest BCUT2D eigenvalue weighted by molar-refractivity contribution is 0.385. The van der Waals surface area contributed by atoms with Crippen LogP contribution in [0.2, 0.25) is 0 Å². The van der Waals surface area contributed by atoms with Crippen molar-refractivity contribution in [2.24, 2.45) is 11.5 Å². The first-order valence-corrected chi connectivity index (χ1v) is 7.92. The number of para-hydroxylation sites is 1. The number of likely N-dealkylation sites (N-methyl/N-ethyl adjacent to an activating group) is 1. The molecule has 2 aromatic carbocycles. The van der Waals surface area contributed by atoms with E-state index in [0.29, 0.717) is 22.6 Å². The molecule has 0 aliphatic carbocycles. The van der Waals surface area contributed by atoms with E-state index >= 15 is 0 Å². The van der Waals surface area contributed by atoms with Crippen molar-refractivity contribution in [1.29, 1.82) is 5.41 Å². The number of allylic oxidation sites excluding steroid dienone is 1. The molecule has 2 rings (SSSR count). The van der Waals surface area contributed by atoms with Crippen LogP contribution in [0.25, 0.3) is 0 Å². The highest BCUT2D eigenvalue weighted by atomic mass is 16.5. The van der Waals surface area contributed by atoms with Gasteiger partial charge in [0.2, 0.25) is 0 Å². The Labute approximate surface area is 148 Å². The number of nitrogens with one attached hydrogen (secondary N) is 1. The van der Waals surface area contributed by atoms with E-state index < -0.39 is 6.17 Å². The summed E-state index contributed by atoms with van der Waals surface area (Å²) in [6, 6.07) is 16.8. The van der Waals surface area contributed by atoms with Crippen molar-refractivity contribution in [2.75, 3.05) is 7.05 Å². The maximum Gasteiger partial charge on any atom is 0.127 e. The van der Waals surface area contributed by atoms with Gasteiger partial charge in [-0.2, -0.15) is 0 Å². The minimum Gasteiger partial charge on any atom is -0.457 e. The Morgan fingerprint density at radius 1 is 1.12 bits per heavy atom. The van der Waals surface area contributed by atoms with Crippen LogP contribution in [0, 0.1) is 5.41 Å². The summed E-state index contributed by atoms with van der Waals surface area (Å²) < 4.78 is 5.77. The average molecular weight is 336 g/mol. The summed E-state index contributed by atoms with van der Waals surface area (Å²) in [7, 11) is 1.80. The predicted molar refractivity (Wildman–Crippen MR) is 103 cm³/mol. The van der Waals surface area contributed by atoms with E-state index in [9.17, 15) is 0 Å². The van der Waals surface area contributed by atoms with Gasteiger partial charge in [-0.05, 0) is 49.5 Å². The molecule has 0 saturated carbocycles. The fourth-order valence-corrected chi connectivity index (χ4v) is 2.37. The molecule has 0 radical (unpaired) electrons. The van der Waals surface area contributed by atoms with Crippen LogP contribution in [0.4, 0.5) is 0 Å². The van der Waals surface area contributed by atoms with Crippen LogP contribution in [0.5, 0.6) is 11.5 Å². The topological polar surface area (TPSA) is 88.4 Å². The highest BCUT2D eigenvalue weighted by molar-refractivity contribution is 6.11. The molecule has 5 N–H and O–H groups in total. The van der Waals surface area contributed by atoms with E-state index in [2.05, 4.69) is 6.58 Å². The third-order valence-corrected chi connectivity index (χ3v) is 3.84. The molecular weight excluding hydrogens is 312 g/mol. The van der Waals surface area contributed by atoms with Crippen LogP contribution in [0.15, 0.2) is 78.6 Å². The number of rotatable bonds is 7. The lowest BCUT2D eigenvalue weighted by Gasteiger charge is -2.26. The summed E-state index contributed by atoms with van der Waals surface area (Å²) >= 11 is 0. The van der Waals surface area contributed by atoms with Gasteiger partial charge >= 0.3 is 0 Å². The van der Waals surface area contributed by atoms with Crippen molar-refractivity contribution in [3.63, 3.8) is 0 Å². The summed E-state index contributed by atoms with van der Waals surface area (Å²) in [5.74, 6) is 1.46. The molecule has 0 aromatic heterocycles. The Kier molecular flexibility index (Phi) is 5.98. The monoisotopic (exact) mass is 336 g/mol. The molecule has 0 aliphatic heterocycles. The van der Waals surface area contributed by atoms with Crippen LogP contribution < -0.4 is 16.2 Å². The molecule has 0 spiro atoms. The minimum absolute atomic E-state index is 0.285. The fourth-order valence-electron chi connectivity index (χ4n) is 2.37. The van der Waals surface area contributed by atoms with Gasteiger partial charge in [0.1, 0.15) is 17.7 Å². The number of hydrogen-bond donors (Lipinski definition) is 3. The molecule has 25 heavy (non-hydrogen) atoms. The van der Waals surface area contributed by atoms with Gasteiger partial charge in [0.25, 0.3) is 0 Å². The van der Waals surface area contributed by atoms with Crippen molar-refractivity contribution < 1.29 is 4.74 Å². The molecule has 0 amide bonds. The Morgan fingerprint density at radius 2 is 1.68 bits per heavy atom. The number of ether oxygens (including phenoxy) is 1. The van der Waals surface area contributed by atoms with Gasteiger partial charge < -0.3 is 21.1 Å². The Bertz CT molecular complexity index is 762. The SMILES string of the molecule is C=CN(C)C(N)/C(C(=N)c1ccc(Oc2ccccc2)cc1)=C(\C)N. The zero-order valence-electron chi connectivity index (χ0n) is 14.6. The average Bonchev–Trinajstić information content (AvgIpc) is 2.62. The standard InChI is InChI=1S/C20H24N4O/c1-4-24(3)20(23)18(14(2)21)19(22)15-10-12-17(13-11-15)25-16-8-6-5-7-9-16/h4-13,20,22H,1,21,23H2,2-3H3/b18-14+,22-19?. The molecule has 0 fully saturated rings. The predicted octanol–water partition coefficient (Wildman–Crippen LogP) is 3.44. The summed E-state index contributed by atoms with van der Waals surface area (Å²) in [6.45, 7) is 5.45. The van der Waals surface area contributed by atoms with Gasteiger partial charge in [0.05, 0.1) is 5.71 Å². The first-order valence-electron chi connectivity index (χ1n) is 7.92. The van der Waals surface area contributed by atoms with Crippen LogP contribution in [-0.2, 0) is 0 Å². The molecule has 130 valence electrons. The molecule has 5 heteroatoms. The summed E-state index contributed by atoms with van der Waals surface area (Å²) in [4.78, 5) is 1.72. The highest BCUT2D eigenvalue weighted by Gasteiger charge is 2.20. The molecule has 0 bridgehead atoms. The molecule has 5 nitrogen and oxygen atoms in total. The Balaban J connectivity index is 2.21. The highest BCUT2D eigenvalue weighted by Crippen LogP contribution is 2.23. The van der Waals surface area contributed by atoms with E-state index in [0.717, 1.165) is 5.75 Å². The third kappa shape index (κ3) is 4.49. The first-order chi connectivity index (χ1) is 11.9. The second-order valence-corrected chi connectivity index (χ2v) is 5.70. The van der Waals surface area contributed by atoms with Gasteiger partial charge in [-0.1, -0.05) is 24.8 Å². The smallest absolute Gasteiger partial charge is 0.127 e. The van der Waals surface area contributed by atoms with Crippen LogP contribution >= 0.6 is 0 Å². The molecule has 0 heterocycles. The van der Waals surface area contributed by atoms with Crippen molar-refractivity contribution in [1.82, 2.24) is 4.90 Å². The van der Waals surface area contributed by atoms with E-state index in [1.54, 1.807) is 25.1 Å². The number of benzene rings is 2. The zero-order chi connectivity index (χ0) is 18.4. The normalized spacial score (nSPS) is 12.8. The molecular formula is C20H24N4O. The first kappa shape index (κ1) is 18.3. The quantitative estimate of drug-likeness (QED) is 0.534. The largest absolute Gasteiger partial charge is 0.457 e. The summed E-state index contributed by atoms with van der Waals surface area (Å²) in [5.41, 5.74) is 14.2. The van der Waals surface area contributed by atoms with E-state index in [4.69, 9.17) is 21.6 Å². The maximum atomic E-state index is 8.49. The fraction of sp³-hybridized carbons (Fsp3) is 0.150. The van der Waals surface area contributed by atoms with E-state index in [1.165, 1.54) is 0 Å². The molecule has 0 saturated heterocycles. The molecule has 1 unspecified atom stereocenters. The summed E-state index contributed by atoms with van der Waals surface area (Å²) in [6.07, 6.45) is 1.08. The third-order valence-electron chi connectivity index (χ3n) is 3.84. The Hall–Kier alpha value is -3.05. The van der Waals surface area contributed by atoms with Crippen molar-refractivity contribution in [3.05, 3.63) is 84.2 Å². The summed E-state index contributed by atoms with van der Waals surface area (Å²) in [5, 5.41) is 8.49. The minimum atomic E-state index is -0.532. The van der Waals surface area contributed by atoms with Crippen molar-refractivity contribution in [3.8, 4) is 11.5 Å². The lowest BCUT2D eigenvalue weighted by atomic mass is 9.98. The molecule has 0 aliphatic rings.